The molecule has 0 saturated carbocycles. The summed E-state index contributed by atoms with van der Waals surface area (Å²) < 4.78 is 2.23. The summed E-state index contributed by atoms with van der Waals surface area (Å²) in [4.78, 5) is 48.9. The highest BCUT2D eigenvalue weighted by molar-refractivity contribution is 5.99. The Morgan fingerprint density at radius 2 is 1.81 bits per heavy atom. The fourth-order valence-electron chi connectivity index (χ4n) is 3.05. The number of rotatable bonds is 3. The maximum atomic E-state index is 12.3. The predicted octanol–water partition coefficient (Wildman–Crippen LogP) is 0.532. The maximum Gasteiger partial charge on any atom is 0.332 e. The first kappa shape index (κ1) is 17.7. The zero-order valence-corrected chi connectivity index (χ0v) is 14.8. The van der Waals surface area contributed by atoms with Crippen molar-refractivity contribution in [1.82, 2.24) is 9.13 Å². The zero-order chi connectivity index (χ0) is 19.0. The van der Waals surface area contributed by atoms with Gasteiger partial charge in [0.15, 0.2) is 0 Å². The van der Waals surface area contributed by atoms with Gasteiger partial charge in [-0.15, -0.1) is 0 Å². The third-order valence-corrected chi connectivity index (χ3v) is 4.59. The second kappa shape index (κ2) is 6.62. The van der Waals surface area contributed by atoms with Gasteiger partial charge in [0.05, 0.1) is 11.5 Å². The van der Waals surface area contributed by atoms with Crippen LogP contribution in [0.3, 0.4) is 0 Å². The first-order valence-electron chi connectivity index (χ1n) is 8.24. The van der Waals surface area contributed by atoms with Gasteiger partial charge in [-0.1, -0.05) is 17.7 Å². The minimum atomic E-state index is -0.668. The third-order valence-electron chi connectivity index (χ3n) is 4.59. The van der Waals surface area contributed by atoms with Crippen molar-refractivity contribution < 1.29 is 9.59 Å². The van der Waals surface area contributed by atoms with E-state index in [0.717, 1.165) is 10.1 Å². The van der Waals surface area contributed by atoms with Crippen molar-refractivity contribution >= 4 is 23.3 Å². The van der Waals surface area contributed by atoms with Crippen molar-refractivity contribution in [1.29, 1.82) is 0 Å². The molecule has 1 aromatic heterocycles. The highest BCUT2D eigenvalue weighted by Gasteiger charge is 2.32. The molecule has 0 aliphatic carbocycles. The zero-order valence-electron chi connectivity index (χ0n) is 14.8. The molecule has 8 nitrogen and oxygen atoms in total. The summed E-state index contributed by atoms with van der Waals surface area (Å²) in [5, 5.41) is 5.34. The molecule has 2 heterocycles. The first-order chi connectivity index (χ1) is 12.3. The van der Waals surface area contributed by atoms with E-state index < -0.39 is 17.2 Å². The van der Waals surface area contributed by atoms with E-state index in [9.17, 15) is 19.2 Å². The molecule has 1 unspecified atom stereocenters. The van der Waals surface area contributed by atoms with Gasteiger partial charge in [-0.05, 0) is 25.5 Å². The Labute approximate surface area is 149 Å². The van der Waals surface area contributed by atoms with Crippen LogP contribution in [-0.4, -0.2) is 20.9 Å². The number of nitrogens with one attached hydrogen (secondary N) is 2. The number of carbonyl (C=O) groups excluding carboxylic acids is 2. The van der Waals surface area contributed by atoms with E-state index in [4.69, 9.17) is 0 Å². The van der Waals surface area contributed by atoms with E-state index in [1.807, 2.05) is 19.1 Å². The van der Waals surface area contributed by atoms with Crippen LogP contribution in [0.2, 0.25) is 0 Å². The maximum absolute atomic E-state index is 12.3. The molecule has 1 aromatic carbocycles. The van der Waals surface area contributed by atoms with E-state index in [-0.39, 0.29) is 30.5 Å². The Hall–Kier alpha value is -3.16. The van der Waals surface area contributed by atoms with Crippen molar-refractivity contribution in [2.45, 2.75) is 19.8 Å². The quantitative estimate of drug-likeness (QED) is 0.837. The van der Waals surface area contributed by atoms with Crippen LogP contribution >= 0.6 is 0 Å². The van der Waals surface area contributed by atoms with E-state index in [1.54, 1.807) is 12.1 Å². The molecule has 8 heteroatoms. The summed E-state index contributed by atoms with van der Waals surface area (Å²) >= 11 is 0. The molecule has 26 heavy (non-hydrogen) atoms. The van der Waals surface area contributed by atoms with Gasteiger partial charge in [0.2, 0.25) is 11.8 Å². The van der Waals surface area contributed by atoms with Crippen LogP contribution in [0.15, 0.2) is 33.9 Å². The Morgan fingerprint density at radius 3 is 2.46 bits per heavy atom. The molecular formula is C18H20N4O4. The number of aromatic nitrogens is 2. The minimum Gasteiger partial charge on any atom is -0.326 e. The molecule has 0 saturated heterocycles. The number of hydrogen-bond donors (Lipinski definition) is 2. The van der Waals surface area contributed by atoms with Crippen molar-refractivity contribution in [3.8, 4) is 0 Å². The van der Waals surface area contributed by atoms with E-state index in [0.29, 0.717) is 11.3 Å². The molecule has 0 bridgehead atoms. The molecule has 3 rings (SSSR count). The highest BCUT2D eigenvalue weighted by Crippen LogP contribution is 2.23. The Kier molecular flexibility index (Phi) is 4.50. The van der Waals surface area contributed by atoms with Crippen LogP contribution in [0.25, 0.3) is 0 Å². The summed E-state index contributed by atoms with van der Waals surface area (Å²) in [5.41, 5.74) is 1.10. The average molecular weight is 356 g/mol. The van der Waals surface area contributed by atoms with Gasteiger partial charge in [0.1, 0.15) is 5.82 Å². The largest absolute Gasteiger partial charge is 0.332 e. The topological polar surface area (TPSA) is 102 Å². The van der Waals surface area contributed by atoms with Crippen LogP contribution in [0, 0.1) is 12.8 Å². The van der Waals surface area contributed by atoms with E-state index in [1.165, 1.54) is 18.7 Å². The molecule has 1 atom stereocenters. The average Bonchev–Trinajstić information content (AvgIpc) is 2.61. The lowest BCUT2D eigenvalue weighted by molar-refractivity contribution is -0.125. The second-order valence-corrected chi connectivity index (χ2v) is 6.54. The smallest absolute Gasteiger partial charge is 0.326 e. The first-order valence-corrected chi connectivity index (χ1v) is 8.24. The van der Waals surface area contributed by atoms with Crippen LogP contribution in [0.4, 0.5) is 11.5 Å². The number of benzene rings is 1. The molecule has 136 valence electrons. The molecular weight excluding hydrogens is 336 g/mol. The summed E-state index contributed by atoms with van der Waals surface area (Å²) in [7, 11) is 2.88. The fraction of sp³-hybridized carbons (Fsp3) is 0.333. The Morgan fingerprint density at radius 1 is 1.15 bits per heavy atom. The molecule has 2 amide bonds. The summed E-state index contributed by atoms with van der Waals surface area (Å²) in [6, 6.07) is 7.33. The number of carbonyl (C=O) groups is 2. The van der Waals surface area contributed by atoms with Crippen molar-refractivity contribution in [2.75, 3.05) is 10.6 Å². The minimum absolute atomic E-state index is 0.0505. The van der Waals surface area contributed by atoms with Crippen LogP contribution in [0.5, 0.6) is 0 Å². The highest BCUT2D eigenvalue weighted by atomic mass is 16.2. The summed E-state index contributed by atoms with van der Waals surface area (Å²) in [6.45, 7) is 1.95. The van der Waals surface area contributed by atoms with Crippen LogP contribution in [0.1, 0.15) is 17.5 Å². The monoisotopic (exact) mass is 356 g/mol. The van der Waals surface area contributed by atoms with Crippen LogP contribution in [-0.2, 0) is 30.1 Å². The normalized spacial score (nSPS) is 16.0. The van der Waals surface area contributed by atoms with Gasteiger partial charge in [0.25, 0.3) is 5.56 Å². The van der Waals surface area contributed by atoms with Gasteiger partial charge < -0.3 is 10.6 Å². The number of amides is 2. The molecule has 0 fully saturated rings. The van der Waals surface area contributed by atoms with E-state index >= 15 is 0 Å². The van der Waals surface area contributed by atoms with Gasteiger partial charge in [0, 0.05) is 26.2 Å². The van der Waals surface area contributed by atoms with E-state index in [2.05, 4.69) is 10.6 Å². The number of anilines is 2. The SMILES string of the molecule is Cc1ccc(NC(=O)CC2Cc3c(n(C)c(=O)n(C)c3=O)NC2=O)cc1. The van der Waals surface area contributed by atoms with Crippen molar-refractivity contribution in [3.05, 3.63) is 56.2 Å². The lowest BCUT2D eigenvalue weighted by Gasteiger charge is -2.25. The molecule has 0 spiro atoms. The van der Waals surface area contributed by atoms with Gasteiger partial charge in [-0.2, -0.15) is 0 Å². The summed E-state index contributed by atoms with van der Waals surface area (Å²) in [5.74, 6) is -1.14. The molecule has 2 aromatic rings. The van der Waals surface area contributed by atoms with Crippen LogP contribution < -0.4 is 21.9 Å². The fourth-order valence-corrected chi connectivity index (χ4v) is 3.05. The molecule has 2 N–H and O–H groups in total. The van der Waals surface area contributed by atoms with Crippen molar-refractivity contribution in [2.24, 2.45) is 20.0 Å². The lowest BCUT2D eigenvalue weighted by Crippen LogP contribution is -2.45. The van der Waals surface area contributed by atoms with Gasteiger partial charge in [-0.3, -0.25) is 23.5 Å². The Bertz CT molecular complexity index is 1000. The molecule has 1 aliphatic heterocycles. The van der Waals surface area contributed by atoms with Gasteiger partial charge in [-0.25, -0.2) is 4.79 Å². The number of nitrogens with zero attached hydrogens (tertiary/aromatic N) is 2. The van der Waals surface area contributed by atoms with Gasteiger partial charge >= 0.3 is 5.69 Å². The molecule has 0 radical (unpaired) electrons. The van der Waals surface area contributed by atoms with Crippen molar-refractivity contribution in [3.63, 3.8) is 0 Å². The third kappa shape index (κ3) is 3.17. The second-order valence-electron chi connectivity index (χ2n) is 6.54. The molecule has 1 aliphatic rings. The summed E-state index contributed by atoms with van der Waals surface area (Å²) in [6.07, 6.45) is 0.0639. The number of fused-ring (bicyclic) bond motifs is 1. The Balaban J connectivity index is 1.80. The standard InChI is InChI=1S/C18H20N4O4/c1-10-4-6-12(7-5-10)19-14(23)9-11-8-13-15(20-16(11)24)21(2)18(26)22(3)17(13)25/h4-7,11H,8-9H2,1-3H3,(H,19,23)(H,20,24). The lowest BCUT2D eigenvalue weighted by atomic mass is 9.92. The number of aryl methyl sites for hydroxylation is 1. The number of hydrogen-bond acceptors (Lipinski definition) is 4. The predicted molar refractivity (Wildman–Crippen MR) is 97.2 cm³/mol.